The van der Waals surface area contributed by atoms with Gasteiger partial charge in [0.2, 0.25) is 17.6 Å². The molecule has 1 aromatic carbocycles. The largest absolute Gasteiger partial charge is 0.422 e. The Hall–Kier alpha value is -4.98. The molecule has 1 aliphatic rings. The van der Waals surface area contributed by atoms with Crippen LogP contribution in [0.3, 0.4) is 0 Å². The van der Waals surface area contributed by atoms with Crippen molar-refractivity contribution >= 4 is 5.91 Å². The smallest absolute Gasteiger partial charge is 0.285 e. The molecule has 11 heteroatoms. The van der Waals surface area contributed by atoms with Gasteiger partial charge >= 0.3 is 0 Å². The normalized spacial score (nSPS) is 15.0. The molecule has 0 aliphatic carbocycles. The van der Waals surface area contributed by atoms with E-state index in [2.05, 4.69) is 26.1 Å². The van der Waals surface area contributed by atoms with E-state index < -0.39 is 11.8 Å². The molecule has 0 saturated carbocycles. The van der Waals surface area contributed by atoms with E-state index in [-0.39, 0.29) is 17.3 Å². The molecule has 1 unspecified atom stereocenters. The summed E-state index contributed by atoms with van der Waals surface area (Å²) < 4.78 is 8.94. The quantitative estimate of drug-likeness (QED) is 0.481. The highest BCUT2D eigenvalue weighted by molar-refractivity contribution is 5.89. The monoisotopic (exact) mass is 439 g/mol. The molecule has 1 aliphatic heterocycles. The third-order valence-electron chi connectivity index (χ3n) is 5.40. The van der Waals surface area contributed by atoms with E-state index in [1.165, 1.54) is 12.5 Å². The number of benzene rings is 1. The van der Waals surface area contributed by atoms with Crippen LogP contribution in [0.4, 0.5) is 0 Å². The maximum Gasteiger partial charge on any atom is 0.285 e. The summed E-state index contributed by atoms with van der Waals surface area (Å²) in [6.45, 7) is 0. The molecule has 0 spiro atoms. The Kier molecular flexibility index (Phi) is 4.60. The summed E-state index contributed by atoms with van der Waals surface area (Å²) >= 11 is 0. The minimum Gasteiger partial charge on any atom is -0.422 e. The minimum atomic E-state index is -0.634. The van der Waals surface area contributed by atoms with Crippen LogP contribution in [0.25, 0.3) is 16.9 Å². The lowest BCUT2D eigenvalue weighted by Crippen LogP contribution is -2.22. The van der Waals surface area contributed by atoms with Gasteiger partial charge in [-0.3, -0.25) is 9.36 Å². The van der Waals surface area contributed by atoms with Crippen LogP contribution in [-0.2, 0) is 7.05 Å². The van der Waals surface area contributed by atoms with Crippen LogP contribution in [-0.4, -0.2) is 35.2 Å². The second-order valence-corrected chi connectivity index (χ2v) is 7.32. The number of fused-ring (bicyclic) bond motifs is 1. The van der Waals surface area contributed by atoms with Gasteiger partial charge in [-0.1, -0.05) is 12.1 Å². The Morgan fingerprint density at radius 1 is 1.21 bits per heavy atom. The van der Waals surface area contributed by atoms with E-state index in [0.717, 1.165) is 5.56 Å². The zero-order chi connectivity index (χ0) is 23.1. The number of primary amides is 1. The first-order chi connectivity index (χ1) is 16.0. The Labute approximate surface area is 187 Å². The third kappa shape index (κ3) is 3.17. The molecule has 0 radical (unpaired) electrons. The summed E-state index contributed by atoms with van der Waals surface area (Å²) in [5.41, 5.74) is 15.2. The fraction of sp³-hybridized carbons (Fsp3) is 0.0909. The predicted molar refractivity (Wildman–Crippen MR) is 116 cm³/mol. The lowest BCUT2D eigenvalue weighted by atomic mass is 9.83. The van der Waals surface area contributed by atoms with Gasteiger partial charge in [-0.05, 0) is 17.7 Å². The molecule has 3 aromatic heterocycles. The third-order valence-corrected chi connectivity index (χ3v) is 5.40. The second-order valence-electron chi connectivity index (χ2n) is 7.32. The Morgan fingerprint density at radius 2 is 1.94 bits per heavy atom. The summed E-state index contributed by atoms with van der Waals surface area (Å²) in [4.78, 5) is 23.8. The van der Waals surface area contributed by atoms with Crippen LogP contribution in [0.5, 0.6) is 5.88 Å². The first-order valence-electron chi connectivity index (χ1n) is 9.83. The van der Waals surface area contributed by atoms with Crippen molar-refractivity contribution in [2.24, 2.45) is 18.5 Å². The van der Waals surface area contributed by atoms with Gasteiger partial charge in [0.1, 0.15) is 23.7 Å². The van der Waals surface area contributed by atoms with Crippen LogP contribution < -0.4 is 16.2 Å². The lowest BCUT2D eigenvalue weighted by Gasteiger charge is -2.25. The molecule has 4 N–H and O–H groups in total. The van der Waals surface area contributed by atoms with Gasteiger partial charge in [0.15, 0.2) is 0 Å². The first-order valence-corrected chi connectivity index (χ1v) is 9.83. The van der Waals surface area contributed by atoms with Crippen molar-refractivity contribution < 1.29 is 9.53 Å². The van der Waals surface area contributed by atoms with E-state index >= 15 is 0 Å². The van der Waals surface area contributed by atoms with E-state index in [4.69, 9.17) is 16.2 Å². The number of imidazole rings is 1. The van der Waals surface area contributed by atoms with Gasteiger partial charge in [0.05, 0.1) is 11.5 Å². The zero-order valence-electron chi connectivity index (χ0n) is 17.4. The molecule has 0 fully saturated rings. The van der Waals surface area contributed by atoms with Crippen molar-refractivity contribution in [3.8, 4) is 28.9 Å². The number of carbonyl (C=O) groups excluding carboxylic acids is 1. The number of aryl methyl sites for hydroxylation is 1. The van der Waals surface area contributed by atoms with E-state index in [9.17, 15) is 10.1 Å². The van der Waals surface area contributed by atoms with Crippen molar-refractivity contribution in [1.82, 2.24) is 29.3 Å². The average molecular weight is 439 g/mol. The number of ether oxygens (including phenoxy) is 1. The van der Waals surface area contributed by atoms with Gasteiger partial charge in [0.25, 0.3) is 5.91 Å². The molecule has 11 nitrogen and oxygen atoms in total. The van der Waals surface area contributed by atoms with Crippen molar-refractivity contribution in [2.45, 2.75) is 5.92 Å². The minimum absolute atomic E-state index is 0.0172. The summed E-state index contributed by atoms with van der Waals surface area (Å²) in [5, 5.41) is 14.5. The van der Waals surface area contributed by atoms with Gasteiger partial charge < -0.3 is 16.2 Å². The summed E-state index contributed by atoms with van der Waals surface area (Å²) in [5.74, 6) is -0.592. The molecule has 33 heavy (non-hydrogen) atoms. The molecule has 4 aromatic rings. The number of rotatable bonds is 4. The predicted octanol–water partition coefficient (Wildman–Crippen LogP) is 1.38. The van der Waals surface area contributed by atoms with Crippen molar-refractivity contribution in [2.75, 3.05) is 0 Å². The Bertz CT molecular complexity index is 1440. The Morgan fingerprint density at radius 3 is 2.61 bits per heavy atom. The Balaban J connectivity index is 1.66. The van der Waals surface area contributed by atoms with Crippen molar-refractivity contribution in [3.63, 3.8) is 0 Å². The van der Waals surface area contributed by atoms with Gasteiger partial charge in [-0.25, -0.2) is 19.6 Å². The fourth-order valence-corrected chi connectivity index (χ4v) is 3.96. The highest BCUT2D eigenvalue weighted by Gasteiger charge is 2.36. The summed E-state index contributed by atoms with van der Waals surface area (Å²) in [6, 6.07) is 9.50. The molecule has 162 valence electrons. The highest BCUT2D eigenvalue weighted by atomic mass is 16.5. The van der Waals surface area contributed by atoms with Gasteiger partial charge in [-0.15, -0.1) is 0 Å². The van der Waals surface area contributed by atoms with Crippen molar-refractivity contribution in [1.29, 1.82) is 5.26 Å². The highest BCUT2D eigenvalue weighted by Crippen LogP contribution is 2.46. The fourth-order valence-electron chi connectivity index (χ4n) is 3.96. The number of hydrogen-bond donors (Lipinski definition) is 2. The van der Waals surface area contributed by atoms with Crippen LogP contribution >= 0.6 is 0 Å². The number of aromatic nitrogens is 6. The molecule has 4 heterocycles. The summed E-state index contributed by atoms with van der Waals surface area (Å²) in [7, 11) is 1.74. The summed E-state index contributed by atoms with van der Waals surface area (Å²) in [6.07, 6.45) is 7.87. The standard InChI is InChI=1S/C22H17N9O2/c1-30-22-17(18(29-30)13-9-26-11-27-10-13)16(15(8-23)20(25)33-22)12-2-4-14(5-3-12)31-7-6-28-21(31)19(24)32/h2-7,9-11,16H,25H2,1H3,(H2,24,32). The maximum absolute atomic E-state index is 11.6. The van der Waals surface area contributed by atoms with Crippen LogP contribution in [0.15, 0.2) is 66.8 Å². The molecule has 1 atom stereocenters. The van der Waals surface area contributed by atoms with Crippen LogP contribution in [0.2, 0.25) is 0 Å². The van der Waals surface area contributed by atoms with Crippen LogP contribution in [0, 0.1) is 11.3 Å². The van der Waals surface area contributed by atoms with E-state index in [1.807, 2.05) is 24.3 Å². The number of nitrogens with zero attached hydrogens (tertiary/aromatic N) is 7. The molecule has 1 amide bonds. The first kappa shape index (κ1) is 20.0. The zero-order valence-corrected chi connectivity index (χ0v) is 17.4. The molecular weight excluding hydrogens is 422 g/mol. The maximum atomic E-state index is 11.6. The number of nitriles is 1. The number of amides is 1. The number of nitrogens with two attached hydrogens (primary N) is 2. The molecule has 0 saturated heterocycles. The number of hydrogen-bond acceptors (Lipinski definition) is 8. The number of carbonyl (C=O) groups is 1. The SMILES string of the molecule is Cn1nc(-c2cncnc2)c2c1OC(N)=C(C#N)C2c1ccc(-n2ccnc2C(N)=O)cc1. The molecule has 0 bridgehead atoms. The average Bonchev–Trinajstić information content (AvgIpc) is 3.44. The van der Waals surface area contributed by atoms with Crippen LogP contribution in [0.1, 0.15) is 27.7 Å². The van der Waals surface area contributed by atoms with Gasteiger partial charge in [0, 0.05) is 43.1 Å². The second kappa shape index (κ2) is 7.61. The van der Waals surface area contributed by atoms with Crippen molar-refractivity contribution in [3.05, 3.63) is 83.8 Å². The molecule has 5 rings (SSSR count). The number of allylic oxidation sites excluding steroid dienone is 1. The lowest BCUT2D eigenvalue weighted by molar-refractivity contribution is 0.0989. The van der Waals surface area contributed by atoms with Gasteiger partial charge in [-0.2, -0.15) is 10.4 Å². The topological polar surface area (TPSA) is 164 Å². The molecular formula is C22H17N9O2. The van der Waals surface area contributed by atoms with E-state index in [1.54, 1.807) is 34.9 Å². The van der Waals surface area contributed by atoms with E-state index in [0.29, 0.717) is 28.4 Å².